The standard InChI is InChI=1S/C14H20FN3O/c1-14(4-2-3-5-14)8-18-12-6-9(13(17)19)11(16)7-10(12)15/h6-7,18H,2-5,8,16H2,1H3,(H2,17,19). The summed E-state index contributed by atoms with van der Waals surface area (Å²) in [5, 5.41) is 3.08. The van der Waals surface area contributed by atoms with Gasteiger partial charge in [-0.15, -0.1) is 0 Å². The minimum absolute atomic E-state index is 0.0719. The second kappa shape index (κ2) is 5.07. The number of amides is 1. The van der Waals surface area contributed by atoms with Crippen molar-refractivity contribution in [2.75, 3.05) is 17.6 Å². The number of rotatable bonds is 4. The number of carbonyl (C=O) groups excluding carboxylic acids is 1. The van der Waals surface area contributed by atoms with Crippen molar-refractivity contribution in [1.29, 1.82) is 0 Å². The van der Waals surface area contributed by atoms with E-state index in [1.54, 1.807) is 0 Å². The second-order valence-corrected chi connectivity index (χ2v) is 5.65. The van der Waals surface area contributed by atoms with Crippen LogP contribution in [0.2, 0.25) is 0 Å². The number of primary amides is 1. The highest BCUT2D eigenvalue weighted by Gasteiger charge is 2.28. The highest BCUT2D eigenvalue weighted by atomic mass is 19.1. The Morgan fingerprint density at radius 3 is 2.63 bits per heavy atom. The smallest absolute Gasteiger partial charge is 0.250 e. The van der Waals surface area contributed by atoms with Crippen LogP contribution >= 0.6 is 0 Å². The maximum absolute atomic E-state index is 13.8. The fraction of sp³-hybridized carbons (Fsp3) is 0.500. The lowest BCUT2D eigenvalue weighted by molar-refractivity contribution is 0.100. The van der Waals surface area contributed by atoms with Crippen molar-refractivity contribution in [3.05, 3.63) is 23.5 Å². The predicted molar refractivity (Wildman–Crippen MR) is 74.4 cm³/mol. The monoisotopic (exact) mass is 265 g/mol. The van der Waals surface area contributed by atoms with Crippen LogP contribution in [0, 0.1) is 11.2 Å². The molecule has 1 amide bonds. The number of carbonyl (C=O) groups is 1. The van der Waals surface area contributed by atoms with Gasteiger partial charge in [-0.3, -0.25) is 4.79 Å². The number of hydrogen-bond donors (Lipinski definition) is 3. The molecule has 1 aliphatic carbocycles. The van der Waals surface area contributed by atoms with Crippen molar-refractivity contribution in [3.8, 4) is 0 Å². The van der Waals surface area contributed by atoms with E-state index in [0.717, 1.165) is 18.9 Å². The third-order valence-electron chi connectivity index (χ3n) is 3.92. The summed E-state index contributed by atoms with van der Waals surface area (Å²) < 4.78 is 13.8. The average molecular weight is 265 g/mol. The number of nitrogens with one attached hydrogen (secondary N) is 1. The number of nitrogen functional groups attached to an aromatic ring is 1. The van der Waals surface area contributed by atoms with E-state index < -0.39 is 11.7 Å². The summed E-state index contributed by atoms with van der Waals surface area (Å²) in [4.78, 5) is 11.2. The van der Waals surface area contributed by atoms with Gasteiger partial charge >= 0.3 is 0 Å². The molecule has 1 saturated carbocycles. The first-order valence-corrected chi connectivity index (χ1v) is 6.54. The molecular formula is C14H20FN3O. The number of benzene rings is 1. The molecule has 0 bridgehead atoms. The molecule has 0 atom stereocenters. The molecule has 1 aromatic carbocycles. The van der Waals surface area contributed by atoms with Crippen molar-refractivity contribution < 1.29 is 9.18 Å². The number of hydrogen-bond acceptors (Lipinski definition) is 3. The van der Waals surface area contributed by atoms with Gasteiger partial charge in [0, 0.05) is 12.2 Å². The molecule has 0 unspecified atom stereocenters. The largest absolute Gasteiger partial charge is 0.398 e. The van der Waals surface area contributed by atoms with E-state index in [2.05, 4.69) is 12.2 Å². The molecule has 0 aromatic heterocycles. The van der Waals surface area contributed by atoms with Gasteiger partial charge in [-0.1, -0.05) is 19.8 Å². The molecule has 0 aliphatic heterocycles. The van der Waals surface area contributed by atoms with Crippen LogP contribution in [0.5, 0.6) is 0 Å². The summed E-state index contributed by atoms with van der Waals surface area (Å²) in [5.74, 6) is -1.10. The van der Waals surface area contributed by atoms with Crippen molar-refractivity contribution in [1.82, 2.24) is 0 Å². The topological polar surface area (TPSA) is 81.1 Å². The fourth-order valence-electron chi connectivity index (χ4n) is 2.65. The number of halogens is 1. The zero-order valence-corrected chi connectivity index (χ0v) is 11.1. The van der Waals surface area contributed by atoms with E-state index in [1.807, 2.05) is 0 Å². The molecule has 1 aliphatic rings. The fourth-order valence-corrected chi connectivity index (χ4v) is 2.65. The summed E-state index contributed by atoms with van der Waals surface area (Å²) in [6.07, 6.45) is 4.71. The molecule has 1 aromatic rings. The number of nitrogens with two attached hydrogens (primary N) is 2. The summed E-state index contributed by atoms with van der Waals surface area (Å²) in [5.41, 5.74) is 11.5. The molecule has 2 rings (SSSR count). The number of anilines is 2. The molecule has 4 nitrogen and oxygen atoms in total. The molecule has 19 heavy (non-hydrogen) atoms. The third kappa shape index (κ3) is 2.97. The minimum Gasteiger partial charge on any atom is -0.398 e. The zero-order valence-electron chi connectivity index (χ0n) is 11.1. The van der Waals surface area contributed by atoms with Crippen molar-refractivity contribution in [2.45, 2.75) is 32.6 Å². The summed E-state index contributed by atoms with van der Waals surface area (Å²) >= 11 is 0. The zero-order chi connectivity index (χ0) is 14.0. The van der Waals surface area contributed by atoms with Crippen LogP contribution in [-0.4, -0.2) is 12.5 Å². The van der Waals surface area contributed by atoms with Gasteiger partial charge in [0.15, 0.2) is 0 Å². The molecule has 5 heteroatoms. The Morgan fingerprint density at radius 1 is 1.42 bits per heavy atom. The van der Waals surface area contributed by atoms with Gasteiger partial charge in [0.25, 0.3) is 5.91 Å². The predicted octanol–water partition coefficient (Wildman–Crippen LogP) is 2.50. The van der Waals surface area contributed by atoms with Crippen LogP contribution in [-0.2, 0) is 0 Å². The lowest BCUT2D eigenvalue weighted by atomic mass is 9.89. The first-order chi connectivity index (χ1) is 8.91. The first-order valence-electron chi connectivity index (χ1n) is 6.54. The van der Waals surface area contributed by atoms with Crippen LogP contribution < -0.4 is 16.8 Å². The second-order valence-electron chi connectivity index (χ2n) is 5.65. The van der Waals surface area contributed by atoms with E-state index >= 15 is 0 Å². The van der Waals surface area contributed by atoms with E-state index in [1.165, 1.54) is 18.9 Å². The van der Waals surface area contributed by atoms with E-state index in [-0.39, 0.29) is 22.4 Å². The first kappa shape index (κ1) is 13.6. The molecule has 0 heterocycles. The highest BCUT2D eigenvalue weighted by Crippen LogP contribution is 2.37. The Hall–Kier alpha value is -1.78. The van der Waals surface area contributed by atoms with Crippen molar-refractivity contribution in [2.24, 2.45) is 11.1 Å². The van der Waals surface area contributed by atoms with Gasteiger partial charge in [-0.25, -0.2) is 4.39 Å². The van der Waals surface area contributed by atoms with Gasteiger partial charge in [-0.05, 0) is 30.4 Å². The third-order valence-corrected chi connectivity index (χ3v) is 3.92. The molecule has 104 valence electrons. The van der Waals surface area contributed by atoms with Crippen LogP contribution in [0.3, 0.4) is 0 Å². The molecule has 0 spiro atoms. The SMILES string of the molecule is CC1(CNc2cc(C(N)=O)c(N)cc2F)CCCC1. The van der Waals surface area contributed by atoms with Gasteiger partial charge < -0.3 is 16.8 Å². The molecule has 0 saturated heterocycles. The van der Waals surface area contributed by atoms with E-state index in [4.69, 9.17) is 11.5 Å². The summed E-state index contributed by atoms with van der Waals surface area (Å²) in [7, 11) is 0. The average Bonchev–Trinajstić information content (AvgIpc) is 2.75. The quantitative estimate of drug-likeness (QED) is 0.732. The Bertz CT molecular complexity index is 496. The van der Waals surface area contributed by atoms with Gasteiger partial charge in [0.1, 0.15) is 5.82 Å². The van der Waals surface area contributed by atoms with Crippen LogP contribution in [0.25, 0.3) is 0 Å². The lowest BCUT2D eigenvalue weighted by Gasteiger charge is -2.24. The Balaban J connectivity index is 2.15. The molecule has 1 fully saturated rings. The molecule has 0 radical (unpaired) electrons. The Labute approximate surface area is 112 Å². The van der Waals surface area contributed by atoms with E-state index in [0.29, 0.717) is 6.54 Å². The maximum Gasteiger partial charge on any atom is 0.250 e. The van der Waals surface area contributed by atoms with Crippen molar-refractivity contribution >= 4 is 17.3 Å². The summed E-state index contributed by atoms with van der Waals surface area (Å²) in [6.45, 7) is 2.88. The van der Waals surface area contributed by atoms with Crippen LogP contribution in [0.15, 0.2) is 12.1 Å². The normalized spacial score (nSPS) is 17.4. The Morgan fingerprint density at radius 2 is 2.05 bits per heavy atom. The van der Waals surface area contributed by atoms with Crippen LogP contribution in [0.1, 0.15) is 43.0 Å². The maximum atomic E-state index is 13.8. The molecular weight excluding hydrogens is 245 g/mol. The molecule has 5 N–H and O–H groups in total. The lowest BCUT2D eigenvalue weighted by Crippen LogP contribution is -2.24. The van der Waals surface area contributed by atoms with Gasteiger partial charge in [-0.2, -0.15) is 0 Å². The minimum atomic E-state index is -0.646. The van der Waals surface area contributed by atoms with Crippen LogP contribution in [0.4, 0.5) is 15.8 Å². The Kier molecular flexibility index (Phi) is 3.64. The highest BCUT2D eigenvalue weighted by molar-refractivity contribution is 5.99. The summed E-state index contributed by atoms with van der Waals surface area (Å²) in [6, 6.07) is 2.53. The van der Waals surface area contributed by atoms with E-state index in [9.17, 15) is 9.18 Å². The van der Waals surface area contributed by atoms with Crippen molar-refractivity contribution in [3.63, 3.8) is 0 Å². The van der Waals surface area contributed by atoms with Gasteiger partial charge in [0.05, 0.1) is 11.3 Å². The van der Waals surface area contributed by atoms with Gasteiger partial charge in [0.2, 0.25) is 0 Å².